The van der Waals surface area contributed by atoms with Gasteiger partial charge in [0.25, 0.3) is 0 Å². The number of aryl methyl sites for hydroxylation is 4. The minimum atomic E-state index is -2.95. The van der Waals surface area contributed by atoms with E-state index in [2.05, 4.69) is 69.0 Å². The monoisotopic (exact) mass is 414 g/mol. The molecule has 0 N–H and O–H groups in total. The van der Waals surface area contributed by atoms with Gasteiger partial charge < -0.3 is 4.90 Å². The van der Waals surface area contributed by atoms with Crippen molar-refractivity contribution in [2.24, 2.45) is 4.99 Å². The van der Waals surface area contributed by atoms with Crippen molar-refractivity contribution in [3.05, 3.63) is 64.2 Å². The average molecular weight is 415 g/mol. The maximum atomic E-state index is 12.0. The fourth-order valence-electron chi connectivity index (χ4n) is 3.99. The van der Waals surface area contributed by atoms with Crippen LogP contribution in [0.5, 0.6) is 0 Å². The van der Waals surface area contributed by atoms with Gasteiger partial charge in [0.1, 0.15) is 0 Å². The van der Waals surface area contributed by atoms with Crippen molar-refractivity contribution in [3.8, 4) is 0 Å². The first-order valence-corrected chi connectivity index (χ1v) is 12.3. The molecule has 6 heteroatoms. The molecule has 148 valence electrons. The lowest BCUT2D eigenvalue weighted by molar-refractivity contribution is 0.601. The second-order valence-electron chi connectivity index (χ2n) is 8.07. The number of nitrogens with zero attached hydrogens (tertiary/aromatic N) is 2. The first-order chi connectivity index (χ1) is 13.2. The zero-order valence-electron chi connectivity index (χ0n) is 16.8. The second kappa shape index (κ2) is 7.23. The first kappa shape index (κ1) is 19.5. The lowest BCUT2D eigenvalue weighted by Crippen LogP contribution is -2.28. The Kier molecular flexibility index (Phi) is 5.04. The van der Waals surface area contributed by atoms with Crippen LogP contribution in [-0.4, -0.2) is 36.4 Å². The molecule has 2 aliphatic rings. The van der Waals surface area contributed by atoms with E-state index in [9.17, 15) is 8.42 Å². The van der Waals surface area contributed by atoms with Crippen molar-refractivity contribution in [2.45, 2.75) is 45.5 Å². The van der Waals surface area contributed by atoms with Crippen molar-refractivity contribution in [1.29, 1.82) is 0 Å². The summed E-state index contributed by atoms with van der Waals surface area (Å²) in [5.74, 6) is 0.415. The van der Waals surface area contributed by atoms with Gasteiger partial charge in [-0.25, -0.2) is 8.42 Å². The summed E-state index contributed by atoms with van der Waals surface area (Å²) in [6, 6.07) is 13.0. The standard InChI is InChI=1S/C22H26N2O2S2/c1-14-5-6-17(4)18(8-14)11-24(19-9-15(2)7-16(3)10-19)22-23-20-12-28(25,26)13-21(20)27-22/h5-10,20-21H,11-13H2,1-4H3/t20-,21+/m1/s1. The van der Waals surface area contributed by atoms with Crippen LogP contribution in [-0.2, 0) is 16.4 Å². The van der Waals surface area contributed by atoms with Crippen LogP contribution in [0.25, 0.3) is 0 Å². The molecule has 0 aromatic heterocycles. The van der Waals surface area contributed by atoms with Crippen molar-refractivity contribution >= 4 is 32.5 Å². The summed E-state index contributed by atoms with van der Waals surface area (Å²) < 4.78 is 23.9. The summed E-state index contributed by atoms with van der Waals surface area (Å²) in [5, 5.41) is 0.989. The lowest BCUT2D eigenvalue weighted by atomic mass is 10.0. The Morgan fingerprint density at radius 3 is 2.39 bits per heavy atom. The van der Waals surface area contributed by atoms with Gasteiger partial charge in [-0.15, -0.1) is 0 Å². The number of anilines is 1. The van der Waals surface area contributed by atoms with Gasteiger partial charge in [-0.05, 0) is 62.1 Å². The van der Waals surface area contributed by atoms with Crippen LogP contribution in [0.3, 0.4) is 0 Å². The molecule has 0 saturated carbocycles. The van der Waals surface area contributed by atoms with Crippen molar-refractivity contribution in [3.63, 3.8) is 0 Å². The minimum Gasteiger partial charge on any atom is -0.317 e. The molecule has 1 fully saturated rings. The van der Waals surface area contributed by atoms with Gasteiger partial charge in [0.05, 0.1) is 24.1 Å². The summed E-state index contributed by atoms with van der Waals surface area (Å²) in [5.41, 5.74) is 7.32. The molecule has 2 aromatic rings. The molecule has 2 heterocycles. The number of benzene rings is 2. The molecule has 0 aliphatic carbocycles. The van der Waals surface area contributed by atoms with Crippen molar-refractivity contribution in [1.82, 2.24) is 0 Å². The fourth-order valence-corrected chi connectivity index (χ4v) is 7.77. The third kappa shape index (κ3) is 3.98. The molecular formula is C22H26N2O2S2. The third-order valence-corrected chi connectivity index (χ3v) is 8.63. The van der Waals surface area contributed by atoms with E-state index in [-0.39, 0.29) is 22.8 Å². The Morgan fingerprint density at radius 1 is 1.00 bits per heavy atom. The van der Waals surface area contributed by atoms with E-state index < -0.39 is 9.84 Å². The summed E-state index contributed by atoms with van der Waals surface area (Å²) in [6.07, 6.45) is 0. The van der Waals surface area contributed by atoms with Crippen LogP contribution < -0.4 is 4.90 Å². The van der Waals surface area contributed by atoms with Crippen molar-refractivity contribution in [2.75, 3.05) is 16.4 Å². The lowest BCUT2D eigenvalue weighted by Gasteiger charge is -2.26. The maximum absolute atomic E-state index is 12.0. The van der Waals surface area contributed by atoms with E-state index in [0.29, 0.717) is 0 Å². The van der Waals surface area contributed by atoms with E-state index in [0.717, 1.165) is 17.4 Å². The van der Waals surface area contributed by atoms with Crippen LogP contribution >= 0.6 is 11.8 Å². The van der Waals surface area contributed by atoms with Crippen LogP contribution in [0.15, 0.2) is 41.4 Å². The summed E-state index contributed by atoms with van der Waals surface area (Å²) >= 11 is 1.62. The Labute approximate surface area is 172 Å². The smallest absolute Gasteiger partial charge is 0.164 e. The first-order valence-electron chi connectivity index (χ1n) is 9.57. The summed E-state index contributed by atoms with van der Waals surface area (Å²) in [7, 11) is -2.95. The molecule has 4 rings (SSSR count). The highest BCUT2D eigenvalue weighted by molar-refractivity contribution is 8.15. The molecule has 0 unspecified atom stereocenters. The normalized spacial score (nSPS) is 22.8. The molecule has 4 nitrogen and oxygen atoms in total. The minimum absolute atomic E-state index is 0.0482. The number of amidine groups is 1. The topological polar surface area (TPSA) is 49.7 Å². The van der Waals surface area contributed by atoms with Crippen LogP contribution in [0.1, 0.15) is 27.8 Å². The summed E-state index contributed by atoms with van der Waals surface area (Å²) in [4.78, 5) is 7.12. The van der Waals surface area contributed by atoms with Crippen LogP contribution in [0.2, 0.25) is 0 Å². The molecule has 0 radical (unpaired) electrons. The van der Waals surface area contributed by atoms with Gasteiger partial charge in [0.2, 0.25) is 0 Å². The number of aliphatic imine (C=N–C) groups is 1. The SMILES string of the molecule is Cc1cc(C)cc(N(Cc2cc(C)ccc2C)C2=N[C@@H]3CS(=O)(=O)C[C@@H]3S2)c1. The van der Waals surface area contributed by atoms with E-state index in [1.165, 1.54) is 27.8 Å². The Morgan fingerprint density at radius 2 is 1.71 bits per heavy atom. The van der Waals surface area contributed by atoms with E-state index in [1.54, 1.807) is 11.8 Å². The van der Waals surface area contributed by atoms with Gasteiger partial charge in [-0.1, -0.05) is 41.6 Å². The number of sulfone groups is 1. The molecule has 0 spiro atoms. The number of hydrogen-bond donors (Lipinski definition) is 0. The number of rotatable bonds is 3. The Bertz CT molecular complexity index is 1040. The Hall–Kier alpha value is -1.79. The van der Waals surface area contributed by atoms with E-state index in [4.69, 9.17) is 4.99 Å². The average Bonchev–Trinajstić information content (AvgIpc) is 3.08. The van der Waals surface area contributed by atoms with Gasteiger partial charge in [0, 0.05) is 10.9 Å². The quantitative estimate of drug-likeness (QED) is 0.755. The predicted molar refractivity (Wildman–Crippen MR) is 119 cm³/mol. The molecule has 28 heavy (non-hydrogen) atoms. The number of fused-ring (bicyclic) bond motifs is 1. The zero-order valence-corrected chi connectivity index (χ0v) is 18.4. The molecule has 0 amide bonds. The molecule has 1 saturated heterocycles. The van der Waals surface area contributed by atoms with Crippen molar-refractivity contribution < 1.29 is 8.42 Å². The summed E-state index contributed by atoms with van der Waals surface area (Å²) in [6.45, 7) is 9.20. The van der Waals surface area contributed by atoms with E-state index in [1.807, 2.05) is 0 Å². The maximum Gasteiger partial charge on any atom is 0.164 e. The highest BCUT2D eigenvalue weighted by Gasteiger charge is 2.44. The number of hydrogen-bond acceptors (Lipinski definition) is 5. The largest absolute Gasteiger partial charge is 0.317 e. The van der Waals surface area contributed by atoms with Crippen LogP contribution in [0, 0.1) is 27.7 Å². The Balaban J connectivity index is 1.73. The highest BCUT2D eigenvalue weighted by Crippen LogP contribution is 2.38. The van der Waals surface area contributed by atoms with Gasteiger partial charge in [0.15, 0.2) is 15.0 Å². The molecule has 0 bridgehead atoms. The zero-order chi connectivity index (χ0) is 20.1. The predicted octanol–water partition coefficient (Wildman–Crippen LogP) is 4.20. The molecule has 2 aliphatic heterocycles. The van der Waals surface area contributed by atoms with Gasteiger partial charge in [-0.3, -0.25) is 4.99 Å². The van der Waals surface area contributed by atoms with Gasteiger partial charge >= 0.3 is 0 Å². The van der Waals surface area contributed by atoms with E-state index >= 15 is 0 Å². The van der Waals surface area contributed by atoms with Crippen LogP contribution in [0.4, 0.5) is 5.69 Å². The third-order valence-electron chi connectivity index (χ3n) is 5.39. The second-order valence-corrected chi connectivity index (χ2v) is 11.4. The number of thioether (sulfide) groups is 1. The van der Waals surface area contributed by atoms with Gasteiger partial charge in [-0.2, -0.15) is 0 Å². The molecule has 2 atom stereocenters. The fraction of sp³-hybridized carbons (Fsp3) is 0.409. The molecule has 2 aromatic carbocycles. The highest BCUT2D eigenvalue weighted by atomic mass is 32.2. The molecular weight excluding hydrogens is 388 g/mol.